The number of nitrogens with zero attached hydrogens (tertiary/aromatic N) is 1. The molecule has 2 rings (SSSR count). The largest absolute Gasteiger partial charge is 0.326 e. The van der Waals surface area contributed by atoms with Crippen molar-refractivity contribution >= 4 is 0 Å². The first-order valence-electron chi connectivity index (χ1n) is 4.24. The zero-order valence-electron chi connectivity index (χ0n) is 6.90. The highest BCUT2D eigenvalue weighted by atomic mass is 15.0. The fourth-order valence-electron chi connectivity index (χ4n) is 1.66. The second-order valence-electron chi connectivity index (χ2n) is 3.21. The van der Waals surface area contributed by atoms with E-state index in [4.69, 9.17) is 5.73 Å². The summed E-state index contributed by atoms with van der Waals surface area (Å²) < 4.78 is 0. The molecular weight excluding hydrogens is 150 g/mol. The van der Waals surface area contributed by atoms with Crippen LogP contribution in [0.4, 0.5) is 0 Å². The highest BCUT2D eigenvalue weighted by Gasteiger charge is 2.24. The first kappa shape index (κ1) is 7.71. The van der Waals surface area contributed by atoms with Crippen molar-refractivity contribution in [1.82, 2.24) is 10.3 Å². The van der Waals surface area contributed by atoms with Gasteiger partial charge in [0.25, 0.3) is 0 Å². The lowest BCUT2D eigenvalue weighted by molar-refractivity contribution is 0.651. The predicted molar refractivity (Wildman–Crippen MR) is 47.8 cm³/mol. The van der Waals surface area contributed by atoms with Crippen LogP contribution < -0.4 is 11.1 Å². The number of rotatable bonds is 1. The fourth-order valence-corrected chi connectivity index (χ4v) is 1.66. The molecule has 1 aromatic heterocycles. The lowest BCUT2D eigenvalue weighted by atomic mass is 9.97. The minimum Gasteiger partial charge on any atom is -0.326 e. The van der Waals surface area contributed by atoms with E-state index in [0.29, 0.717) is 5.92 Å². The molecule has 0 unspecified atom stereocenters. The van der Waals surface area contributed by atoms with Crippen LogP contribution in [0.5, 0.6) is 0 Å². The van der Waals surface area contributed by atoms with Crippen LogP contribution in [-0.4, -0.2) is 24.1 Å². The molecule has 0 radical (unpaired) electrons. The Morgan fingerprint density at radius 2 is 2.42 bits per heavy atom. The average molecular weight is 163 g/mol. The van der Waals surface area contributed by atoms with E-state index >= 15 is 0 Å². The molecule has 3 heteroatoms. The molecule has 0 spiro atoms. The number of aromatic nitrogens is 1. The smallest absolute Gasteiger partial charge is 0.0303 e. The summed E-state index contributed by atoms with van der Waals surface area (Å²) in [5, 5.41) is 3.27. The van der Waals surface area contributed by atoms with Crippen molar-refractivity contribution in [2.45, 2.75) is 12.0 Å². The summed E-state index contributed by atoms with van der Waals surface area (Å²) in [6, 6.07) is 4.29. The van der Waals surface area contributed by atoms with Gasteiger partial charge in [0.05, 0.1) is 0 Å². The monoisotopic (exact) mass is 163 g/mol. The van der Waals surface area contributed by atoms with Crippen LogP contribution in [0, 0.1) is 0 Å². The molecule has 2 atom stereocenters. The molecule has 2 heterocycles. The SMILES string of the molecule is N[C@@H]1CNC[C@H]1c1cccnc1. The number of pyridine rings is 1. The maximum Gasteiger partial charge on any atom is 0.0303 e. The first-order chi connectivity index (χ1) is 5.88. The Balaban J connectivity index is 2.19. The summed E-state index contributed by atoms with van der Waals surface area (Å²) in [5.74, 6) is 0.443. The molecule has 0 aliphatic carbocycles. The molecule has 64 valence electrons. The maximum atomic E-state index is 5.92. The number of hydrogen-bond donors (Lipinski definition) is 2. The zero-order valence-corrected chi connectivity index (χ0v) is 6.90. The van der Waals surface area contributed by atoms with E-state index < -0.39 is 0 Å². The minimum atomic E-state index is 0.245. The van der Waals surface area contributed by atoms with Gasteiger partial charge in [-0.25, -0.2) is 0 Å². The van der Waals surface area contributed by atoms with Crippen molar-refractivity contribution < 1.29 is 0 Å². The maximum absolute atomic E-state index is 5.92. The summed E-state index contributed by atoms with van der Waals surface area (Å²) in [5.41, 5.74) is 7.17. The third-order valence-corrected chi connectivity index (χ3v) is 2.37. The Bertz CT molecular complexity index is 247. The van der Waals surface area contributed by atoms with Gasteiger partial charge in [0.1, 0.15) is 0 Å². The summed E-state index contributed by atoms with van der Waals surface area (Å²) in [4.78, 5) is 4.08. The standard InChI is InChI=1S/C9H13N3/c10-9-6-12-5-8(9)7-2-1-3-11-4-7/h1-4,8-9,12H,5-6,10H2/t8-,9+/m0/s1. The lowest BCUT2D eigenvalue weighted by Gasteiger charge is -2.13. The minimum absolute atomic E-state index is 0.245. The predicted octanol–water partition coefficient (Wildman–Crippen LogP) is 0.0957. The fraction of sp³-hybridized carbons (Fsp3) is 0.444. The van der Waals surface area contributed by atoms with Gasteiger partial charge in [0.2, 0.25) is 0 Å². The second-order valence-corrected chi connectivity index (χ2v) is 3.21. The van der Waals surface area contributed by atoms with Crippen molar-refractivity contribution in [3.05, 3.63) is 30.1 Å². The number of nitrogens with two attached hydrogens (primary N) is 1. The van der Waals surface area contributed by atoms with Gasteiger partial charge in [-0.05, 0) is 11.6 Å². The Morgan fingerprint density at radius 3 is 3.00 bits per heavy atom. The highest BCUT2D eigenvalue weighted by Crippen LogP contribution is 2.19. The molecule has 1 fully saturated rings. The van der Waals surface area contributed by atoms with Crippen molar-refractivity contribution in [1.29, 1.82) is 0 Å². The van der Waals surface area contributed by atoms with Gasteiger partial charge in [-0.15, -0.1) is 0 Å². The van der Waals surface area contributed by atoms with Gasteiger partial charge in [0, 0.05) is 37.4 Å². The molecule has 0 amide bonds. The molecule has 1 aliphatic rings. The second kappa shape index (κ2) is 3.21. The molecule has 0 aromatic carbocycles. The Morgan fingerprint density at radius 1 is 1.50 bits per heavy atom. The number of hydrogen-bond acceptors (Lipinski definition) is 3. The Labute approximate surface area is 72.0 Å². The van der Waals surface area contributed by atoms with Gasteiger partial charge in [0.15, 0.2) is 0 Å². The van der Waals surface area contributed by atoms with E-state index in [2.05, 4.69) is 16.4 Å². The molecule has 12 heavy (non-hydrogen) atoms. The van der Waals surface area contributed by atoms with Crippen LogP contribution >= 0.6 is 0 Å². The summed E-state index contributed by atoms with van der Waals surface area (Å²) in [7, 11) is 0. The Kier molecular flexibility index (Phi) is 2.06. The van der Waals surface area contributed by atoms with E-state index in [1.807, 2.05) is 12.3 Å². The van der Waals surface area contributed by atoms with E-state index in [-0.39, 0.29) is 6.04 Å². The lowest BCUT2D eigenvalue weighted by Crippen LogP contribution is -2.27. The molecule has 1 saturated heterocycles. The number of nitrogens with one attached hydrogen (secondary N) is 1. The van der Waals surface area contributed by atoms with Crippen LogP contribution in [0.3, 0.4) is 0 Å². The van der Waals surface area contributed by atoms with Crippen LogP contribution in [0.15, 0.2) is 24.5 Å². The molecule has 3 N–H and O–H groups in total. The van der Waals surface area contributed by atoms with Crippen LogP contribution in [0.1, 0.15) is 11.5 Å². The highest BCUT2D eigenvalue weighted by molar-refractivity contribution is 5.19. The third-order valence-electron chi connectivity index (χ3n) is 2.37. The van der Waals surface area contributed by atoms with Gasteiger partial charge in [-0.3, -0.25) is 4.98 Å². The van der Waals surface area contributed by atoms with Crippen LogP contribution in [-0.2, 0) is 0 Å². The summed E-state index contributed by atoms with van der Waals surface area (Å²) in [6.45, 7) is 1.90. The van der Waals surface area contributed by atoms with Crippen molar-refractivity contribution in [2.24, 2.45) is 5.73 Å². The topological polar surface area (TPSA) is 50.9 Å². The van der Waals surface area contributed by atoms with Gasteiger partial charge in [-0.1, -0.05) is 6.07 Å². The van der Waals surface area contributed by atoms with Crippen molar-refractivity contribution in [3.63, 3.8) is 0 Å². The molecule has 0 bridgehead atoms. The van der Waals surface area contributed by atoms with Gasteiger partial charge >= 0.3 is 0 Å². The van der Waals surface area contributed by atoms with Crippen LogP contribution in [0.2, 0.25) is 0 Å². The van der Waals surface area contributed by atoms with Crippen molar-refractivity contribution in [3.8, 4) is 0 Å². The summed E-state index contributed by atoms with van der Waals surface area (Å²) in [6.07, 6.45) is 3.69. The van der Waals surface area contributed by atoms with Gasteiger partial charge < -0.3 is 11.1 Å². The third kappa shape index (κ3) is 1.33. The van der Waals surface area contributed by atoms with E-state index in [9.17, 15) is 0 Å². The van der Waals surface area contributed by atoms with E-state index in [0.717, 1.165) is 13.1 Å². The van der Waals surface area contributed by atoms with Gasteiger partial charge in [-0.2, -0.15) is 0 Å². The molecule has 3 nitrogen and oxygen atoms in total. The van der Waals surface area contributed by atoms with E-state index in [1.54, 1.807) is 6.20 Å². The molecule has 1 aromatic rings. The molecule has 1 aliphatic heterocycles. The Hall–Kier alpha value is -0.930. The van der Waals surface area contributed by atoms with Crippen LogP contribution in [0.25, 0.3) is 0 Å². The zero-order chi connectivity index (χ0) is 8.39. The first-order valence-corrected chi connectivity index (χ1v) is 4.24. The average Bonchev–Trinajstić information content (AvgIpc) is 2.53. The quantitative estimate of drug-likeness (QED) is 0.617. The molecular formula is C9H13N3. The summed E-state index contributed by atoms with van der Waals surface area (Å²) >= 11 is 0. The van der Waals surface area contributed by atoms with E-state index in [1.165, 1.54) is 5.56 Å². The van der Waals surface area contributed by atoms with Crippen molar-refractivity contribution in [2.75, 3.05) is 13.1 Å². The molecule has 0 saturated carbocycles. The normalized spacial score (nSPS) is 29.1.